The summed E-state index contributed by atoms with van der Waals surface area (Å²) < 4.78 is 43.6. The summed E-state index contributed by atoms with van der Waals surface area (Å²) in [6, 6.07) is 6.12. The molecule has 1 fully saturated rings. The second-order valence-corrected chi connectivity index (χ2v) is 8.71. The van der Waals surface area contributed by atoms with E-state index in [2.05, 4.69) is 19.9 Å². The molecule has 2 aromatic heterocycles. The summed E-state index contributed by atoms with van der Waals surface area (Å²) in [5.41, 5.74) is 2.02. The van der Waals surface area contributed by atoms with Gasteiger partial charge in [0.1, 0.15) is 17.2 Å². The molecule has 2 aliphatic rings. The second-order valence-electron chi connectivity index (χ2n) is 8.71. The number of aromatic nitrogens is 3. The van der Waals surface area contributed by atoms with Crippen LogP contribution in [0.1, 0.15) is 46.5 Å². The maximum absolute atomic E-state index is 14.0. The number of fused-ring (bicyclic) bond motifs is 2. The Kier molecular flexibility index (Phi) is 5.42. The summed E-state index contributed by atoms with van der Waals surface area (Å²) in [6.07, 6.45) is 0.618. The van der Waals surface area contributed by atoms with E-state index in [-0.39, 0.29) is 24.8 Å². The van der Waals surface area contributed by atoms with Gasteiger partial charge in [0.15, 0.2) is 6.23 Å². The number of halogens is 3. The Bertz CT molecular complexity index is 1190. The van der Waals surface area contributed by atoms with Gasteiger partial charge in [0.25, 0.3) is 5.91 Å². The molecule has 1 atom stereocenters. The number of nitrogens with zero attached hydrogens (tertiary/aromatic N) is 3. The fourth-order valence-electron chi connectivity index (χ4n) is 4.51. The molecule has 1 aliphatic carbocycles. The van der Waals surface area contributed by atoms with Crippen molar-refractivity contribution >= 4 is 16.8 Å². The number of amides is 1. The van der Waals surface area contributed by atoms with Crippen molar-refractivity contribution < 1.29 is 27.8 Å². The molecular formula is C22H24F3N5O3. The standard InChI is InChI=1S/C22H24F3N5O3/c1-29(22(6-7-22)11-33-21(24)25)20(32)18-13-10-30(8-5-16(13)27-28-18)19(31)17-9-12-14(23)3-2-4-15(12)26-17/h2-4,9,20-21,26,32H,5-8,10-11H2,1H3,(H,27,28). The summed E-state index contributed by atoms with van der Waals surface area (Å²) in [7, 11) is 1.65. The number of H-pyrrole nitrogens is 2. The summed E-state index contributed by atoms with van der Waals surface area (Å²) in [5.74, 6) is -0.688. The zero-order valence-corrected chi connectivity index (χ0v) is 17.9. The fourth-order valence-corrected chi connectivity index (χ4v) is 4.51. The maximum atomic E-state index is 14.0. The van der Waals surface area contributed by atoms with E-state index in [4.69, 9.17) is 0 Å². The number of aromatic amines is 2. The first-order valence-corrected chi connectivity index (χ1v) is 10.7. The predicted octanol–water partition coefficient (Wildman–Crippen LogP) is 2.92. The van der Waals surface area contributed by atoms with E-state index in [0.717, 1.165) is 5.69 Å². The van der Waals surface area contributed by atoms with Crippen LogP contribution in [-0.4, -0.2) is 68.3 Å². The van der Waals surface area contributed by atoms with E-state index in [1.165, 1.54) is 12.1 Å². The minimum Gasteiger partial charge on any atom is -0.372 e. The zero-order chi connectivity index (χ0) is 23.3. The lowest BCUT2D eigenvalue weighted by atomic mass is 10.0. The molecule has 176 valence electrons. The third-order valence-electron chi connectivity index (χ3n) is 6.76. The highest BCUT2D eigenvalue weighted by molar-refractivity contribution is 5.98. The molecule has 0 saturated heterocycles. The lowest BCUT2D eigenvalue weighted by molar-refractivity contribution is -0.154. The number of rotatable bonds is 7. The van der Waals surface area contributed by atoms with E-state index in [1.54, 1.807) is 29.0 Å². The van der Waals surface area contributed by atoms with Crippen LogP contribution >= 0.6 is 0 Å². The normalized spacial score (nSPS) is 18.2. The molecule has 3 N–H and O–H groups in total. The van der Waals surface area contributed by atoms with Crippen molar-refractivity contribution in [2.45, 2.75) is 44.2 Å². The molecule has 1 unspecified atom stereocenters. The summed E-state index contributed by atoms with van der Waals surface area (Å²) >= 11 is 0. The maximum Gasteiger partial charge on any atom is 0.345 e. The Morgan fingerprint density at radius 1 is 1.39 bits per heavy atom. The van der Waals surface area contributed by atoms with E-state index in [1.807, 2.05) is 0 Å². The smallest absolute Gasteiger partial charge is 0.345 e. The van der Waals surface area contributed by atoms with E-state index < -0.39 is 24.2 Å². The van der Waals surface area contributed by atoms with E-state index >= 15 is 0 Å². The number of ether oxygens (including phenoxy) is 1. The molecule has 3 heterocycles. The zero-order valence-electron chi connectivity index (χ0n) is 17.9. The Balaban J connectivity index is 1.35. The summed E-state index contributed by atoms with van der Waals surface area (Å²) in [4.78, 5) is 19.3. The second kappa shape index (κ2) is 8.15. The van der Waals surface area contributed by atoms with Crippen LogP contribution in [0.5, 0.6) is 0 Å². The Labute approximate surface area is 187 Å². The van der Waals surface area contributed by atoms with Gasteiger partial charge in [0, 0.05) is 47.2 Å². The van der Waals surface area contributed by atoms with Crippen LogP contribution in [0, 0.1) is 5.82 Å². The predicted molar refractivity (Wildman–Crippen MR) is 112 cm³/mol. The number of carbonyl (C=O) groups excluding carboxylic acids is 1. The highest BCUT2D eigenvalue weighted by atomic mass is 19.3. The van der Waals surface area contributed by atoms with Gasteiger partial charge < -0.3 is 19.7 Å². The van der Waals surface area contributed by atoms with Crippen LogP contribution < -0.4 is 0 Å². The van der Waals surface area contributed by atoms with Crippen LogP contribution in [0.2, 0.25) is 0 Å². The number of aliphatic hydroxyl groups is 1. The van der Waals surface area contributed by atoms with Crippen LogP contribution in [0.15, 0.2) is 24.3 Å². The Morgan fingerprint density at radius 3 is 2.88 bits per heavy atom. The van der Waals surface area contributed by atoms with E-state index in [0.29, 0.717) is 48.0 Å². The molecule has 8 nitrogen and oxygen atoms in total. The first kappa shape index (κ1) is 21.9. The Hall–Kier alpha value is -2.89. The summed E-state index contributed by atoms with van der Waals surface area (Å²) in [6.45, 7) is -2.41. The minimum atomic E-state index is -2.87. The van der Waals surface area contributed by atoms with Gasteiger partial charge in [0.2, 0.25) is 0 Å². The average Bonchev–Trinajstić information content (AvgIpc) is 3.27. The largest absolute Gasteiger partial charge is 0.372 e. The fraction of sp³-hybridized carbons (Fsp3) is 0.455. The quantitative estimate of drug-likeness (QED) is 0.468. The lowest BCUT2D eigenvalue weighted by Crippen LogP contribution is -2.42. The highest BCUT2D eigenvalue weighted by Gasteiger charge is 2.50. The minimum absolute atomic E-state index is 0.188. The van der Waals surface area contributed by atoms with E-state index in [9.17, 15) is 23.1 Å². The summed E-state index contributed by atoms with van der Waals surface area (Å²) in [5, 5.41) is 18.5. The van der Waals surface area contributed by atoms with Gasteiger partial charge in [-0.05, 0) is 38.1 Å². The highest BCUT2D eigenvalue weighted by Crippen LogP contribution is 2.45. The monoisotopic (exact) mass is 463 g/mol. The molecule has 0 spiro atoms. The first-order valence-electron chi connectivity index (χ1n) is 10.7. The molecule has 3 aromatic rings. The molecular weight excluding hydrogens is 439 g/mol. The first-order chi connectivity index (χ1) is 15.8. The van der Waals surface area contributed by atoms with Crippen molar-refractivity contribution in [2.75, 3.05) is 20.2 Å². The lowest BCUT2D eigenvalue weighted by Gasteiger charge is -2.33. The molecule has 1 aromatic carbocycles. The molecule has 1 amide bonds. The number of carbonyl (C=O) groups is 1. The number of likely N-dealkylation sites (N-methyl/N-ethyl adjacent to an activating group) is 1. The SMILES string of the molecule is CN(C(O)c1n[nH]c2c1CN(C(=O)c1cc3c(F)cccc3[nH]1)CC2)C1(COC(F)F)CC1. The van der Waals surface area contributed by atoms with Crippen LogP contribution in [0.3, 0.4) is 0 Å². The molecule has 33 heavy (non-hydrogen) atoms. The van der Waals surface area contributed by atoms with Crippen molar-refractivity contribution in [2.24, 2.45) is 0 Å². The van der Waals surface area contributed by atoms with Crippen molar-refractivity contribution in [3.05, 3.63) is 52.7 Å². The number of nitrogens with one attached hydrogen (secondary N) is 2. The third-order valence-corrected chi connectivity index (χ3v) is 6.76. The number of aliphatic hydroxyl groups excluding tert-OH is 1. The van der Waals surface area contributed by atoms with Gasteiger partial charge in [-0.3, -0.25) is 14.8 Å². The van der Waals surface area contributed by atoms with Crippen LogP contribution in [0.4, 0.5) is 13.2 Å². The Morgan fingerprint density at radius 2 is 2.18 bits per heavy atom. The molecule has 11 heteroatoms. The molecule has 0 radical (unpaired) electrons. The van der Waals surface area contributed by atoms with Crippen molar-refractivity contribution in [3.8, 4) is 0 Å². The van der Waals surface area contributed by atoms with Gasteiger partial charge in [-0.1, -0.05) is 6.07 Å². The van der Waals surface area contributed by atoms with Crippen molar-refractivity contribution in [1.82, 2.24) is 25.0 Å². The van der Waals surface area contributed by atoms with Gasteiger partial charge in [-0.2, -0.15) is 13.9 Å². The molecule has 0 bridgehead atoms. The number of hydrogen-bond acceptors (Lipinski definition) is 5. The van der Waals surface area contributed by atoms with Gasteiger partial charge in [-0.15, -0.1) is 0 Å². The number of alkyl halides is 2. The number of benzene rings is 1. The average molecular weight is 463 g/mol. The van der Waals surface area contributed by atoms with Crippen molar-refractivity contribution in [1.29, 1.82) is 0 Å². The van der Waals surface area contributed by atoms with Gasteiger partial charge in [0.05, 0.1) is 6.61 Å². The van der Waals surface area contributed by atoms with Gasteiger partial charge >= 0.3 is 6.61 Å². The molecule has 5 rings (SSSR count). The van der Waals surface area contributed by atoms with Gasteiger partial charge in [-0.25, -0.2) is 4.39 Å². The number of hydrogen-bond donors (Lipinski definition) is 3. The molecule has 1 aliphatic heterocycles. The molecule has 1 saturated carbocycles. The van der Waals surface area contributed by atoms with Crippen LogP contribution in [0.25, 0.3) is 10.9 Å². The third kappa shape index (κ3) is 3.90. The van der Waals surface area contributed by atoms with Crippen LogP contribution in [-0.2, 0) is 17.7 Å². The topological polar surface area (TPSA) is 97.5 Å². The van der Waals surface area contributed by atoms with Crippen molar-refractivity contribution in [3.63, 3.8) is 0 Å².